The Labute approximate surface area is 114 Å². The monoisotopic (exact) mass is 315 g/mol. The predicted octanol–water partition coefficient (Wildman–Crippen LogP) is 2.58. The smallest absolute Gasteiger partial charge is 0.310 e. The minimum absolute atomic E-state index is 0.0534. The molecule has 2 rings (SSSR count). The Hall–Kier alpha value is -0.940. The van der Waals surface area contributed by atoms with Gasteiger partial charge in [-0.25, -0.2) is 4.39 Å². The lowest BCUT2D eigenvalue weighted by atomic mass is 10.1. The van der Waals surface area contributed by atoms with Crippen LogP contribution in [0.25, 0.3) is 0 Å². The molecule has 1 aromatic carbocycles. The highest BCUT2D eigenvalue weighted by Crippen LogP contribution is 2.24. The first-order chi connectivity index (χ1) is 8.60. The quantitative estimate of drug-likeness (QED) is 0.803. The zero-order valence-corrected chi connectivity index (χ0v) is 11.7. The molecule has 1 aliphatic heterocycles. The van der Waals surface area contributed by atoms with Crippen molar-refractivity contribution in [2.75, 3.05) is 20.2 Å². The van der Waals surface area contributed by atoms with Gasteiger partial charge in [-0.3, -0.25) is 9.69 Å². The number of halogens is 2. The molecule has 0 spiro atoms. The van der Waals surface area contributed by atoms with Crippen molar-refractivity contribution in [1.29, 1.82) is 0 Å². The molecule has 1 aromatic rings. The van der Waals surface area contributed by atoms with Crippen LogP contribution < -0.4 is 0 Å². The summed E-state index contributed by atoms with van der Waals surface area (Å²) in [7, 11) is 1.41. The van der Waals surface area contributed by atoms with Crippen LogP contribution >= 0.6 is 15.9 Å². The van der Waals surface area contributed by atoms with Crippen LogP contribution in [0, 0.1) is 11.7 Å². The fraction of sp³-hybridized carbons (Fsp3) is 0.462. The lowest BCUT2D eigenvalue weighted by Crippen LogP contribution is -2.23. The van der Waals surface area contributed by atoms with Gasteiger partial charge in [0.1, 0.15) is 5.82 Å². The van der Waals surface area contributed by atoms with E-state index in [2.05, 4.69) is 20.8 Å². The van der Waals surface area contributed by atoms with Crippen molar-refractivity contribution in [2.24, 2.45) is 5.92 Å². The van der Waals surface area contributed by atoms with Gasteiger partial charge in [0.15, 0.2) is 0 Å². The normalized spacial score (nSPS) is 20.1. The van der Waals surface area contributed by atoms with E-state index in [-0.39, 0.29) is 17.7 Å². The molecule has 1 aliphatic rings. The van der Waals surface area contributed by atoms with Gasteiger partial charge in [0.2, 0.25) is 0 Å². The van der Waals surface area contributed by atoms with Gasteiger partial charge in [0.25, 0.3) is 0 Å². The lowest BCUT2D eigenvalue weighted by molar-refractivity contribution is -0.144. The number of likely N-dealkylation sites (tertiary alicyclic amines) is 1. The van der Waals surface area contributed by atoms with Gasteiger partial charge in [-0.1, -0.05) is 15.9 Å². The number of hydrogen-bond acceptors (Lipinski definition) is 3. The van der Waals surface area contributed by atoms with Crippen LogP contribution in [0.5, 0.6) is 0 Å². The average molecular weight is 316 g/mol. The third kappa shape index (κ3) is 3.09. The van der Waals surface area contributed by atoms with Crippen molar-refractivity contribution >= 4 is 21.9 Å². The van der Waals surface area contributed by atoms with Crippen molar-refractivity contribution in [2.45, 2.75) is 13.0 Å². The molecule has 0 bridgehead atoms. The number of carbonyl (C=O) groups is 1. The highest BCUT2D eigenvalue weighted by Gasteiger charge is 2.29. The van der Waals surface area contributed by atoms with Crippen LogP contribution in [0.2, 0.25) is 0 Å². The minimum Gasteiger partial charge on any atom is -0.469 e. The van der Waals surface area contributed by atoms with Gasteiger partial charge in [-0.15, -0.1) is 0 Å². The maximum Gasteiger partial charge on any atom is 0.310 e. The molecule has 0 radical (unpaired) electrons. The molecule has 0 aliphatic carbocycles. The Morgan fingerprint density at radius 1 is 1.61 bits per heavy atom. The number of carbonyl (C=O) groups excluding carboxylic acids is 1. The first-order valence-corrected chi connectivity index (χ1v) is 6.63. The largest absolute Gasteiger partial charge is 0.469 e. The van der Waals surface area contributed by atoms with Crippen molar-refractivity contribution in [3.8, 4) is 0 Å². The van der Waals surface area contributed by atoms with Gasteiger partial charge in [-0.2, -0.15) is 0 Å². The van der Waals surface area contributed by atoms with Crippen LogP contribution in [0.3, 0.4) is 0 Å². The molecule has 1 fully saturated rings. The summed E-state index contributed by atoms with van der Waals surface area (Å²) >= 11 is 3.41. The first-order valence-electron chi connectivity index (χ1n) is 5.84. The molecule has 98 valence electrons. The summed E-state index contributed by atoms with van der Waals surface area (Å²) in [6, 6.07) is 4.66. The van der Waals surface area contributed by atoms with Crippen LogP contribution in [-0.2, 0) is 16.1 Å². The Morgan fingerprint density at radius 2 is 2.39 bits per heavy atom. The van der Waals surface area contributed by atoms with Crippen LogP contribution in [-0.4, -0.2) is 31.1 Å². The molecule has 0 aromatic heterocycles. The number of esters is 1. The van der Waals surface area contributed by atoms with E-state index in [0.29, 0.717) is 13.1 Å². The Morgan fingerprint density at radius 3 is 3.11 bits per heavy atom. The van der Waals surface area contributed by atoms with Gasteiger partial charge in [0.05, 0.1) is 13.0 Å². The zero-order valence-electron chi connectivity index (χ0n) is 10.2. The molecule has 1 atom stereocenters. The van der Waals surface area contributed by atoms with Gasteiger partial charge >= 0.3 is 5.97 Å². The number of ether oxygens (including phenoxy) is 1. The molecule has 1 saturated heterocycles. The molecule has 0 N–H and O–H groups in total. The SMILES string of the molecule is COC(=O)C1CCN(Cc2cc(F)ccc2Br)C1. The third-order valence-corrected chi connectivity index (χ3v) is 3.98. The number of rotatable bonds is 3. The molecule has 3 nitrogen and oxygen atoms in total. The summed E-state index contributed by atoms with van der Waals surface area (Å²) in [6.07, 6.45) is 0.805. The number of nitrogens with zero attached hydrogens (tertiary/aromatic N) is 1. The topological polar surface area (TPSA) is 29.5 Å². The molecular weight excluding hydrogens is 301 g/mol. The van der Waals surface area contributed by atoms with Gasteiger partial charge in [-0.05, 0) is 36.7 Å². The van der Waals surface area contributed by atoms with E-state index in [0.717, 1.165) is 23.0 Å². The maximum atomic E-state index is 13.2. The van der Waals surface area contributed by atoms with E-state index >= 15 is 0 Å². The molecule has 0 saturated carbocycles. The van der Waals surface area contributed by atoms with Crippen molar-refractivity contribution < 1.29 is 13.9 Å². The highest BCUT2D eigenvalue weighted by atomic mass is 79.9. The molecular formula is C13H15BrFNO2. The average Bonchev–Trinajstić information content (AvgIpc) is 2.81. The zero-order chi connectivity index (χ0) is 13.1. The second kappa shape index (κ2) is 5.80. The second-order valence-electron chi connectivity index (χ2n) is 4.48. The number of hydrogen-bond donors (Lipinski definition) is 0. The summed E-state index contributed by atoms with van der Waals surface area (Å²) < 4.78 is 18.8. The third-order valence-electron chi connectivity index (χ3n) is 3.21. The van der Waals surface area contributed by atoms with Crippen LogP contribution in [0.15, 0.2) is 22.7 Å². The van der Waals surface area contributed by atoms with E-state index in [1.807, 2.05) is 0 Å². The summed E-state index contributed by atoms with van der Waals surface area (Å²) in [4.78, 5) is 13.6. The standard InChI is InChI=1S/C13H15BrFNO2/c1-18-13(17)9-4-5-16(7-9)8-10-6-11(15)2-3-12(10)14/h2-3,6,9H,4-5,7-8H2,1H3. The maximum absolute atomic E-state index is 13.2. The highest BCUT2D eigenvalue weighted by molar-refractivity contribution is 9.10. The van der Waals surface area contributed by atoms with E-state index < -0.39 is 0 Å². The summed E-state index contributed by atoms with van der Waals surface area (Å²) in [6.45, 7) is 2.16. The molecule has 5 heteroatoms. The number of methoxy groups -OCH3 is 1. The summed E-state index contributed by atoms with van der Waals surface area (Å²) in [5.74, 6) is -0.449. The molecule has 1 heterocycles. The van der Waals surface area contributed by atoms with Gasteiger partial charge in [0, 0.05) is 17.6 Å². The van der Waals surface area contributed by atoms with Gasteiger partial charge < -0.3 is 4.74 Å². The molecule has 18 heavy (non-hydrogen) atoms. The minimum atomic E-state index is -0.239. The number of benzene rings is 1. The van der Waals surface area contributed by atoms with Crippen molar-refractivity contribution in [1.82, 2.24) is 4.90 Å². The lowest BCUT2D eigenvalue weighted by Gasteiger charge is -2.16. The Balaban J connectivity index is 1.99. The fourth-order valence-electron chi connectivity index (χ4n) is 2.24. The predicted molar refractivity (Wildman–Crippen MR) is 69.5 cm³/mol. The van der Waals surface area contributed by atoms with E-state index in [4.69, 9.17) is 4.74 Å². The first kappa shape index (κ1) is 13.5. The van der Waals surface area contributed by atoms with E-state index in [9.17, 15) is 9.18 Å². The fourth-order valence-corrected chi connectivity index (χ4v) is 2.61. The second-order valence-corrected chi connectivity index (χ2v) is 5.33. The van der Waals surface area contributed by atoms with E-state index in [1.54, 1.807) is 6.07 Å². The Bertz CT molecular complexity index is 453. The van der Waals surface area contributed by atoms with Crippen LogP contribution in [0.4, 0.5) is 4.39 Å². The van der Waals surface area contributed by atoms with Crippen molar-refractivity contribution in [3.05, 3.63) is 34.1 Å². The summed E-state index contributed by atoms with van der Waals surface area (Å²) in [5.41, 5.74) is 0.903. The van der Waals surface area contributed by atoms with Crippen LogP contribution in [0.1, 0.15) is 12.0 Å². The van der Waals surface area contributed by atoms with E-state index in [1.165, 1.54) is 19.2 Å². The Kier molecular flexibility index (Phi) is 4.35. The molecule has 0 amide bonds. The summed E-state index contributed by atoms with van der Waals surface area (Å²) in [5, 5.41) is 0. The van der Waals surface area contributed by atoms with Crippen molar-refractivity contribution in [3.63, 3.8) is 0 Å². The molecule has 1 unspecified atom stereocenters.